The van der Waals surface area contributed by atoms with Crippen molar-refractivity contribution < 1.29 is 4.42 Å². The molecule has 14 heavy (non-hydrogen) atoms. The molecule has 0 atom stereocenters. The number of nitrogens with one attached hydrogen (secondary N) is 1. The lowest BCUT2D eigenvalue weighted by Crippen LogP contribution is -2.26. The zero-order chi connectivity index (χ0) is 9.97. The highest BCUT2D eigenvalue weighted by Crippen LogP contribution is 2.26. The summed E-state index contributed by atoms with van der Waals surface area (Å²) in [5.74, 6) is 2.55. The molecule has 0 aromatic carbocycles. The zero-order valence-electron chi connectivity index (χ0n) is 8.97. The summed E-state index contributed by atoms with van der Waals surface area (Å²) in [7, 11) is 0. The molecular weight excluding hydrogens is 176 g/mol. The molecule has 1 saturated heterocycles. The van der Waals surface area contributed by atoms with Gasteiger partial charge >= 0.3 is 0 Å². The third-order valence-corrected chi connectivity index (χ3v) is 2.92. The Bertz CT molecular complexity index is 300. The van der Waals surface area contributed by atoms with Crippen molar-refractivity contribution in [2.24, 2.45) is 0 Å². The molecule has 1 fully saturated rings. The first kappa shape index (κ1) is 9.71. The van der Waals surface area contributed by atoms with Crippen molar-refractivity contribution >= 4 is 0 Å². The summed E-state index contributed by atoms with van der Waals surface area (Å²) in [5.41, 5.74) is 1.07. The first-order valence-corrected chi connectivity index (χ1v) is 5.48. The van der Waals surface area contributed by atoms with Crippen molar-refractivity contribution in [3.63, 3.8) is 0 Å². The van der Waals surface area contributed by atoms with Crippen LogP contribution < -0.4 is 5.32 Å². The number of aromatic nitrogens is 1. The van der Waals surface area contributed by atoms with Gasteiger partial charge in [-0.25, -0.2) is 4.98 Å². The highest BCUT2D eigenvalue weighted by molar-refractivity contribution is 5.10. The average Bonchev–Trinajstić information content (AvgIpc) is 2.61. The van der Waals surface area contributed by atoms with Crippen molar-refractivity contribution in [3.05, 3.63) is 17.3 Å². The lowest BCUT2D eigenvalue weighted by atomic mass is 9.98. The molecule has 0 radical (unpaired) electrons. The number of aryl methyl sites for hydroxylation is 2. The lowest BCUT2D eigenvalue weighted by Gasteiger charge is -2.19. The van der Waals surface area contributed by atoms with Crippen LogP contribution in [0.15, 0.2) is 4.42 Å². The molecule has 2 heterocycles. The van der Waals surface area contributed by atoms with Crippen molar-refractivity contribution in [1.29, 1.82) is 0 Å². The van der Waals surface area contributed by atoms with Crippen LogP contribution >= 0.6 is 0 Å². The van der Waals surface area contributed by atoms with E-state index in [0.717, 1.165) is 49.7 Å². The second-order valence-corrected chi connectivity index (χ2v) is 3.94. The fraction of sp³-hybridized carbons (Fsp3) is 0.727. The predicted molar refractivity (Wildman–Crippen MR) is 55.5 cm³/mol. The molecule has 0 saturated carbocycles. The fourth-order valence-corrected chi connectivity index (χ4v) is 2.02. The van der Waals surface area contributed by atoms with Gasteiger partial charge in [0.2, 0.25) is 0 Å². The Balaban J connectivity index is 2.14. The van der Waals surface area contributed by atoms with Crippen LogP contribution in [-0.4, -0.2) is 18.1 Å². The van der Waals surface area contributed by atoms with Crippen LogP contribution in [0.1, 0.15) is 43.0 Å². The molecule has 2 rings (SSSR count). The number of nitrogens with zero attached hydrogens (tertiary/aromatic N) is 1. The van der Waals surface area contributed by atoms with Gasteiger partial charge < -0.3 is 9.73 Å². The van der Waals surface area contributed by atoms with E-state index in [1.54, 1.807) is 0 Å². The number of rotatable bonds is 2. The van der Waals surface area contributed by atoms with Gasteiger partial charge in [0.1, 0.15) is 5.76 Å². The van der Waals surface area contributed by atoms with Crippen LogP contribution in [-0.2, 0) is 6.42 Å². The van der Waals surface area contributed by atoms with Gasteiger partial charge in [0, 0.05) is 12.3 Å². The molecule has 0 bridgehead atoms. The molecule has 3 nitrogen and oxygen atoms in total. The molecule has 1 aromatic rings. The van der Waals surface area contributed by atoms with Crippen LogP contribution in [0.4, 0.5) is 0 Å². The van der Waals surface area contributed by atoms with Crippen LogP contribution in [0, 0.1) is 6.92 Å². The van der Waals surface area contributed by atoms with E-state index in [1.165, 1.54) is 0 Å². The molecule has 0 aliphatic carbocycles. The third-order valence-electron chi connectivity index (χ3n) is 2.92. The van der Waals surface area contributed by atoms with Gasteiger partial charge in [0.25, 0.3) is 0 Å². The summed E-state index contributed by atoms with van der Waals surface area (Å²) in [4.78, 5) is 4.51. The topological polar surface area (TPSA) is 38.1 Å². The van der Waals surface area contributed by atoms with Gasteiger partial charge in [-0.1, -0.05) is 6.92 Å². The van der Waals surface area contributed by atoms with E-state index in [-0.39, 0.29) is 0 Å². The van der Waals surface area contributed by atoms with E-state index in [0.29, 0.717) is 5.92 Å². The minimum Gasteiger partial charge on any atom is -0.445 e. The molecule has 0 amide bonds. The standard InChI is InChI=1S/C11H18N2O/c1-3-10-8(2)13-11(14-10)9-4-6-12-7-5-9/h9,12H,3-7H2,1-2H3. The highest BCUT2D eigenvalue weighted by atomic mass is 16.4. The van der Waals surface area contributed by atoms with Crippen LogP contribution in [0.2, 0.25) is 0 Å². The van der Waals surface area contributed by atoms with Crippen LogP contribution in [0.3, 0.4) is 0 Å². The minimum absolute atomic E-state index is 0.537. The summed E-state index contributed by atoms with van der Waals surface area (Å²) in [6.07, 6.45) is 3.26. The zero-order valence-corrected chi connectivity index (χ0v) is 8.97. The maximum atomic E-state index is 5.76. The Morgan fingerprint density at radius 1 is 1.43 bits per heavy atom. The van der Waals surface area contributed by atoms with Crippen LogP contribution in [0.25, 0.3) is 0 Å². The van der Waals surface area contributed by atoms with Gasteiger partial charge in [0.15, 0.2) is 5.89 Å². The molecule has 3 heteroatoms. The van der Waals surface area contributed by atoms with Crippen molar-refractivity contribution in [1.82, 2.24) is 10.3 Å². The molecule has 0 unspecified atom stereocenters. The van der Waals surface area contributed by atoms with Crippen molar-refractivity contribution in [2.75, 3.05) is 13.1 Å². The van der Waals surface area contributed by atoms with E-state index in [1.807, 2.05) is 6.92 Å². The summed E-state index contributed by atoms with van der Waals surface area (Å²) < 4.78 is 5.76. The summed E-state index contributed by atoms with van der Waals surface area (Å²) in [6, 6.07) is 0. The maximum Gasteiger partial charge on any atom is 0.197 e. The van der Waals surface area contributed by atoms with Gasteiger partial charge in [-0.2, -0.15) is 0 Å². The lowest BCUT2D eigenvalue weighted by molar-refractivity contribution is 0.362. The largest absolute Gasteiger partial charge is 0.445 e. The van der Waals surface area contributed by atoms with Gasteiger partial charge in [-0.3, -0.25) is 0 Å². The quantitative estimate of drug-likeness (QED) is 0.782. The molecule has 0 spiro atoms. The molecule has 1 N–H and O–H groups in total. The van der Waals surface area contributed by atoms with Gasteiger partial charge in [-0.15, -0.1) is 0 Å². The van der Waals surface area contributed by atoms with E-state index >= 15 is 0 Å². The third kappa shape index (κ3) is 1.82. The maximum absolute atomic E-state index is 5.76. The second kappa shape index (κ2) is 4.13. The smallest absolute Gasteiger partial charge is 0.197 e. The Kier molecular flexibility index (Phi) is 2.87. The van der Waals surface area contributed by atoms with E-state index in [2.05, 4.69) is 17.2 Å². The van der Waals surface area contributed by atoms with Crippen LogP contribution in [0.5, 0.6) is 0 Å². The van der Waals surface area contributed by atoms with Gasteiger partial charge in [0.05, 0.1) is 5.69 Å². The Morgan fingerprint density at radius 3 is 2.71 bits per heavy atom. The molecular formula is C11H18N2O. The average molecular weight is 194 g/mol. The summed E-state index contributed by atoms with van der Waals surface area (Å²) in [5, 5.41) is 3.35. The number of oxazole rings is 1. The molecule has 1 aromatic heterocycles. The Labute approximate surface area is 84.9 Å². The predicted octanol–water partition coefficient (Wildman–Crippen LogP) is 2.01. The monoisotopic (exact) mass is 194 g/mol. The minimum atomic E-state index is 0.537. The SMILES string of the molecule is CCc1oc(C2CCNCC2)nc1C. The van der Waals surface area contributed by atoms with E-state index in [9.17, 15) is 0 Å². The summed E-state index contributed by atoms with van der Waals surface area (Å²) in [6.45, 7) is 6.33. The number of piperidine rings is 1. The highest BCUT2D eigenvalue weighted by Gasteiger charge is 2.21. The number of hydrogen-bond acceptors (Lipinski definition) is 3. The molecule has 78 valence electrons. The fourth-order valence-electron chi connectivity index (χ4n) is 2.02. The summed E-state index contributed by atoms with van der Waals surface area (Å²) >= 11 is 0. The van der Waals surface area contributed by atoms with Crippen molar-refractivity contribution in [3.8, 4) is 0 Å². The molecule has 1 aliphatic heterocycles. The Hall–Kier alpha value is -0.830. The normalized spacial score (nSPS) is 18.7. The van der Waals surface area contributed by atoms with Gasteiger partial charge in [-0.05, 0) is 32.9 Å². The van der Waals surface area contributed by atoms with Crippen molar-refractivity contribution in [2.45, 2.75) is 39.0 Å². The first-order chi connectivity index (χ1) is 6.81. The Morgan fingerprint density at radius 2 is 2.14 bits per heavy atom. The molecule has 1 aliphatic rings. The van der Waals surface area contributed by atoms with E-state index in [4.69, 9.17) is 4.42 Å². The second-order valence-electron chi connectivity index (χ2n) is 3.94. The first-order valence-electron chi connectivity index (χ1n) is 5.48. The number of hydrogen-bond donors (Lipinski definition) is 1. The van der Waals surface area contributed by atoms with E-state index < -0.39 is 0 Å².